The smallest absolute Gasteiger partial charge is 0.00924 e. The summed E-state index contributed by atoms with van der Waals surface area (Å²) in [5, 5.41) is 0.102. The van der Waals surface area contributed by atoms with Crippen LogP contribution in [-0.2, 0) is 5.16 Å². The largest absolute Gasteiger partial charge is 0.147 e. The average Bonchev–Trinajstić information content (AvgIpc) is 2.61. The van der Waals surface area contributed by atoms with Gasteiger partial charge in [-0.1, -0.05) is 114 Å². The third-order valence-electron chi connectivity index (χ3n) is 5.08. The minimum atomic E-state index is 0. The molecule has 0 nitrogen and oxygen atoms in total. The molecule has 0 heterocycles. The molecule has 0 saturated carbocycles. The van der Waals surface area contributed by atoms with E-state index in [0.717, 1.165) is 0 Å². The lowest BCUT2D eigenvalue weighted by molar-refractivity contribution is 0.564. The van der Waals surface area contributed by atoms with Crippen LogP contribution in [-0.4, -0.2) is 0 Å². The second-order valence-electron chi connectivity index (χ2n) is 7.83. The van der Waals surface area contributed by atoms with Gasteiger partial charge in [-0.25, -0.2) is 0 Å². The van der Waals surface area contributed by atoms with E-state index in [1.807, 2.05) is 0 Å². The highest BCUT2D eigenvalue weighted by Gasteiger charge is 2.23. The molecule has 144 valence electrons. The number of halogens is 1. The summed E-state index contributed by atoms with van der Waals surface area (Å²) in [5.74, 6) is 0.503. The standard InChI is InChI=1S/C24H35P.ClH/c1-4-5-6-7-8-12-17-21(20-15-10-9-11-16-20)22-18-13-14-19-23(22)24(2,3)25;/h9-11,13-16,18-19,21H,4-8,12,17,25H2,1-3H3;1H. The Labute approximate surface area is 169 Å². The molecule has 0 N–H and O–H groups in total. The summed E-state index contributed by atoms with van der Waals surface area (Å²) in [5.41, 5.74) is 4.42. The molecule has 0 bridgehead atoms. The fraction of sp³-hybridized carbons (Fsp3) is 0.500. The van der Waals surface area contributed by atoms with E-state index < -0.39 is 0 Å². The van der Waals surface area contributed by atoms with Crippen molar-refractivity contribution in [1.82, 2.24) is 0 Å². The van der Waals surface area contributed by atoms with Gasteiger partial charge in [0.15, 0.2) is 0 Å². The van der Waals surface area contributed by atoms with Crippen LogP contribution in [0.15, 0.2) is 54.6 Å². The number of hydrogen-bond acceptors (Lipinski definition) is 0. The maximum Gasteiger partial charge on any atom is 0.00924 e. The quantitative estimate of drug-likeness (QED) is 0.284. The molecule has 2 atom stereocenters. The van der Waals surface area contributed by atoms with Crippen molar-refractivity contribution in [3.63, 3.8) is 0 Å². The number of unbranched alkanes of at least 4 members (excludes halogenated alkanes) is 5. The molecule has 0 aliphatic heterocycles. The summed E-state index contributed by atoms with van der Waals surface area (Å²) in [6.45, 7) is 6.87. The maximum atomic E-state index is 3.02. The predicted molar refractivity (Wildman–Crippen MR) is 123 cm³/mol. The van der Waals surface area contributed by atoms with Crippen LogP contribution in [0.3, 0.4) is 0 Å². The lowest BCUT2D eigenvalue weighted by atomic mass is 9.81. The zero-order valence-electron chi connectivity index (χ0n) is 16.7. The Morgan fingerprint density at radius 1 is 0.808 bits per heavy atom. The molecule has 0 radical (unpaired) electrons. The van der Waals surface area contributed by atoms with E-state index in [0.29, 0.717) is 5.92 Å². The van der Waals surface area contributed by atoms with Crippen molar-refractivity contribution < 1.29 is 0 Å². The third-order valence-corrected chi connectivity index (χ3v) is 5.39. The molecule has 2 unspecified atom stereocenters. The molecule has 2 aromatic carbocycles. The summed E-state index contributed by atoms with van der Waals surface area (Å²) >= 11 is 0. The van der Waals surface area contributed by atoms with Gasteiger partial charge < -0.3 is 0 Å². The molecule has 0 aliphatic rings. The van der Waals surface area contributed by atoms with Crippen LogP contribution in [0.4, 0.5) is 0 Å². The van der Waals surface area contributed by atoms with E-state index in [-0.39, 0.29) is 17.6 Å². The molecule has 2 aromatic rings. The first-order valence-electron chi connectivity index (χ1n) is 9.97. The van der Waals surface area contributed by atoms with Gasteiger partial charge in [0.25, 0.3) is 0 Å². The Balaban J connectivity index is 0.00000338. The van der Waals surface area contributed by atoms with Crippen molar-refractivity contribution in [3.8, 4) is 0 Å². The van der Waals surface area contributed by atoms with Crippen LogP contribution in [0.1, 0.15) is 88.3 Å². The molecule has 0 spiro atoms. The molecule has 0 aliphatic carbocycles. The Bertz CT molecular complexity index is 616. The van der Waals surface area contributed by atoms with Crippen molar-refractivity contribution >= 4 is 21.6 Å². The Kier molecular flexibility index (Phi) is 10.5. The van der Waals surface area contributed by atoms with Crippen LogP contribution in [0.25, 0.3) is 0 Å². The Hall–Kier alpha value is -0.840. The van der Waals surface area contributed by atoms with E-state index in [4.69, 9.17) is 0 Å². The predicted octanol–water partition coefficient (Wildman–Crippen LogP) is 8.10. The minimum absolute atomic E-state index is 0. The molecular formula is C24H36ClP. The van der Waals surface area contributed by atoms with E-state index in [1.54, 1.807) is 0 Å². The number of hydrogen-bond donors (Lipinski definition) is 0. The lowest BCUT2D eigenvalue weighted by Crippen LogP contribution is -2.14. The highest BCUT2D eigenvalue weighted by Crippen LogP contribution is 2.39. The first kappa shape index (κ1) is 23.2. The van der Waals surface area contributed by atoms with Gasteiger partial charge in [-0.15, -0.1) is 21.6 Å². The second kappa shape index (κ2) is 11.8. The second-order valence-corrected chi connectivity index (χ2v) is 9.27. The van der Waals surface area contributed by atoms with Gasteiger partial charge in [-0.2, -0.15) is 0 Å². The molecule has 0 aromatic heterocycles. The molecular weight excluding hydrogens is 355 g/mol. The molecule has 0 saturated heterocycles. The molecule has 26 heavy (non-hydrogen) atoms. The maximum absolute atomic E-state index is 3.02. The average molecular weight is 391 g/mol. The number of rotatable bonds is 10. The summed E-state index contributed by atoms with van der Waals surface area (Å²) in [4.78, 5) is 0. The SMILES string of the molecule is CCCCCCCCC(c1ccccc1)c1ccccc1C(C)(C)P.Cl. The van der Waals surface area contributed by atoms with Gasteiger partial charge in [0, 0.05) is 11.1 Å². The Morgan fingerprint density at radius 2 is 1.38 bits per heavy atom. The van der Waals surface area contributed by atoms with Crippen LogP contribution in [0.5, 0.6) is 0 Å². The zero-order valence-corrected chi connectivity index (χ0v) is 18.7. The first-order chi connectivity index (χ1) is 12.0. The topological polar surface area (TPSA) is 0 Å². The van der Waals surface area contributed by atoms with E-state index >= 15 is 0 Å². The molecule has 2 rings (SSSR count). The van der Waals surface area contributed by atoms with E-state index in [2.05, 4.69) is 84.6 Å². The molecule has 0 amide bonds. The highest BCUT2D eigenvalue weighted by molar-refractivity contribution is 7.18. The van der Waals surface area contributed by atoms with Gasteiger partial charge in [-0.3, -0.25) is 0 Å². The molecule has 2 heteroatoms. The van der Waals surface area contributed by atoms with Gasteiger partial charge in [0.2, 0.25) is 0 Å². The van der Waals surface area contributed by atoms with Gasteiger partial charge in [0.05, 0.1) is 0 Å². The van der Waals surface area contributed by atoms with Crippen molar-refractivity contribution in [2.75, 3.05) is 0 Å². The fourth-order valence-corrected chi connectivity index (χ4v) is 3.97. The van der Waals surface area contributed by atoms with Crippen LogP contribution in [0, 0.1) is 0 Å². The van der Waals surface area contributed by atoms with Crippen LogP contribution < -0.4 is 0 Å². The van der Waals surface area contributed by atoms with Crippen molar-refractivity contribution in [2.24, 2.45) is 0 Å². The van der Waals surface area contributed by atoms with E-state index in [1.165, 1.54) is 61.6 Å². The fourth-order valence-electron chi connectivity index (χ4n) is 3.70. The van der Waals surface area contributed by atoms with Crippen LogP contribution >= 0.6 is 21.6 Å². The summed E-state index contributed by atoms with van der Waals surface area (Å²) < 4.78 is 0. The normalized spacial score (nSPS) is 12.5. The highest BCUT2D eigenvalue weighted by atomic mass is 35.5. The monoisotopic (exact) mass is 390 g/mol. The Morgan fingerprint density at radius 3 is 2.04 bits per heavy atom. The van der Waals surface area contributed by atoms with Crippen molar-refractivity contribution in [2.45, 2.75) is 76.8 Å². The van der Waals surface area contributed by atoms with E-state index in [9.17, 15) is 0 Å². The third kappa shape index (κ3) is 7.05. The molecule has 0 fully saturated rings. The van der Waals surface area contributed by atoms with Gasteiger partial charge in [0.1, 0.15) is 0 Å². The summed E-state index contributed by atoms with van der Waals surface area (Å²) in [7, 11) is 3.02. The summed E-state index contributed by atoms with van der Waals surface area (Å²) in [6, 6.07) is 20.1. The summed E-state index contributed by atoms with van der Waals surface area (Å²) in [6.07, 6.45) is 9.39. The lowest BCUT2D eigenvalue weighted by Gasteiger charge is -2.28. The van der Waals surface area contributed by atoms with Gasteiger partial charge in [-0.05, 0) is 23.1 Å². The van der Waals surface area contributed by atoms with Crippen LogP contribution in [0.2, 0.25) is 0 Å². The van der Waals surface area contributed by atoms with Crippen molar-refractivity contribution in [3.05, 3.63) is 71.3 Å². The number of benzene rings is 2. The van der Waals surface area contributed by atoms with Gasteiger partial charge >= 0.3 is 0 Å². The zero-order chi connectivity index (χ0) is 18.1. The first-order valence-corrected chi connectivity index (χ1v) is 10.5. The van der Waals surface area contributed by atoms with Crippen molar-refractivity contribution in [1.29, 1.82) is 0 Å². The minimum Gasteiger partial charge on any atom is -0.147 e.